The van der Waals surface area contributed by atoms with Crippen molar-refractivity contribution in [2.24, 2.45) is 0 Å². The molecule has 1 N–H and O–H groups in total. The largest absolute Gasteiger partial charge is 0.488 e. The highest BCUT2D eigenvalue weighted by Crippen LogP contribution is 2.37. The molecule has 1 aliphatic rings. The maximum absolute atomic E-state index is 12.1. The molecule has 6 nitrogen and oxygen atoms in total. The Morgan fingerprint density at radius 1 is 1.30 bits per heavy atom. The number of carbonyl (C=O) groups is 1. The zero-order chi connectivity index (χ0) is 16.2. The molecule has 3 rings (SSSR count). The summed E-state index contributed by atoms with van der Waals surface area (Å²) in [6, 6.07) is 2.71. The molecule has 1 saturated carbocycles. The second kappa shape index (κ2) is 6.64. The number of hydrogen-bond acceptors (Lipinski definition) is 5. The number of ether oxygens (including phenoxy) is 1. The Bertz CT molecular complexity index is 690. The molecular formula is C15H14F2N4O2. The number of pyridine rings is 1. The van der Waals surface area contributed by atoms with Crippen LogP contribution in [0, 0.1) is 0 Å². The molecule has 23 heavy (non-hydrogen) atoms. The summed E-state index contributed by atoms with van der Waals surface area (Å²) in [4.78, 5) is 24.4. The van der Waals surface area contributed by atoms with Gasteiger partial charge in [-0.2, -0.15) is 0 Å². The molecule has 1 fully saturated rings. The number of alkyl halides is 2. The van der Waals surface area contributed by atoms with Crippen LogP contribution >= 0.6 is 0 Å². The lowest BCUT2D eigenvalue weighted by Gasteiger charge is -2.07. The average molecular weight is 320 g/mol. The van der Waals surface area contributed by atoms with Crippen molar-refractivity contribution in [3.63, 3.8) is 0 Å². The third-order valence-corrected chi connectivity index (χ3v) is 3.21. The lowest BCUT2D eigenvalue weighted by Crippen LogP contribution is -2.15. The normalized spacial score (nSPS) is 13.9. The molecule has 8 heteroatoms. The first kappa shape index (κ1) is 15.3. The van der Waals surface area contributed by atoms with E-state index in [2.05, 4.69) is 20.3 Å². The third kappa shape index (κ3) is 4.18. The van der Waals surface area contributed by atoms with E-state index in [0.29, 0.717) is 11.6 Å². The van der Waals surface area contributed by atoms with Gasteiger partial charge in [0.25, 0.3) is 12.3 Å². The van der Waals surface area contributed by atoms with Crippen molar-refractivity contribution in [3.8, 4) is 5.75 Å². The molecule has 0 atom stereocenters. The summed E-state index contributed by atoms with van der Waals surface area (Å²) < 4.78 is 29.1. The van der Waals surface area contributed by atoms with E-state index < -0.39 is 18.9 Å². The SMILES string of the molecule is O=C(Nc1cnc(C2CC2)nc1)c1cc(OCC(F)F)ccn1. The Hall–Kier alpha value is -2.64. The number of hydrogen-bond donors (Lipinski definition) is 1. The van der Waals surface area contributed by atoms with Gasteiger partial charge in [-0.15, -0.1) is 0 Å². The van der Waals surface area contributed by atoms with Crippen molar-refractivity contribution in [1.29, 1.82) is 0 Å². The van der Waals surface area contributed by atoms with Crippen LogP contribution in [0.4, 0.5) is 14.5 Å². The molecule has 0 saturated heterocycles. The monoisotopic (exact) mass is 320 g/mol. The minimum Gasteiger partial charge on any atom is -0.488 e. The molecule has 1 aliphatic carbocycles. The van der Waals surface area contributed by atoms with Crippen molar-refractivity contribution < 1.29 is 18.3 Å². The van der Waals surface area contributed by atoms with Crippen LogP contribution in [-0.4, -0.2) is 33.9 Å². The van der Waals surface area contributed by atoms with Gasteiger partial charge in [0.05, 0.1) is 18.1 Å². The van der Waals surface area contributed by atoms with Crippen LogP contribution in [-0.2, 0) is 0 Å². The molecule has 0 unspecified atom stereocenters. The zero-order valence-corrected chi connectivity index (χ0v) is 12.1. The van der Waals surface area contributed by atoms with E-state index in [0.717, 1.165) is 18.7 Å². The van der Waals surface area contributed by atoms with Crippen molar-refractivity contribution in [2.75, 3.05) is 11.9 Å². The Labute approximate surface area is 130 Å². The molecule has 0 bridgehead atoms. The average Bonchev–Trinajstić information content (AvgIpc) is 3.39. The van der Waals surface area contributed by atoms with Gasteiger partial charge < -0.3 is 10.1 Å². The first-order chi connectivity index (χ1) is 11.1. The van der Waals surface area contributed by atoms with Crippen LogP contribution < -0.4 is 10.1 Å². The minimum atomic E-state index is -2.58. The summed E-state index contributed by atoms with van der Waals surface area (Å²) >= 11 is 0. The molecule has 0 aromatic carbocycles. The summed E-state index contributed by atoms with van der Waals surface area (Å²) in [5, 5.41) is 2.61. The highest BCUT2D eigenvalue weighted by Gasteiger charge is 2.26. The second-order valence-corrected chi connectivity index (χ2v) is 5.14. The Morgan fingerprint density at radius 3 is 2.70 bits per heavy atom. The number of carbonyl (C=O) groups excluding carboxylic acids is 1. The van der Waals surface area contributed by atoms with Gasteiger partial charge in [0.15, 0.2) is 0 Å². The summed E-state index contributed by atoms with van der Waals surface area (Å²) in [5.41, 5.74) is 0.503. The van der Waals surface area contributed by atoms with Crippen molar-refractivity contribution >= 4 is 11.6 Å². The molecule has 2 heterocycles. The number of amides is 1. The highest BCUT2D eigenvalue weighted by atomic mass is 19.3. The van der Waals surface area contributed by atoms with E-state index in [1.54, 1.807) is 0 Å². The zero-order valence-electron chi connectivity index (χ0n) is 12.1. The number of halogens is 2. The molecule has 0 radical (unpaired) electrons. The molecular weight excluding hydrogens is 306 g/mol. The Balaban J connectivity index is 1.63. The minimum absolute atomic E-state index is 0.0584. The number of rotatable bonds is 6. The lowest BCUT2D eigenvalue weighted by molar-refractivity contribution is 0.0818. The van der Waals surface area contributed by atoms with E-state index >= 15 is 0 Å². The van der Waals surface area contributed by atoms with Crippen LogP contribution in [0.1, 0.15) is 35.1 Å². The lowest BCUT2D eigenvalue weighted by atomic mass is 10.3. The molecule has 1 amide bonds. The topological polar surface area (TPSA) is 77.0 Å². The van der Waals surface area contributed by atoms with Crippen LogP contribution in [0.15, 0.2) is 30.7 Å². The highest BCUT2D eigenvalue weighted by molar-refractivity contribution is 6.02. The van der Waals surface area contributed by atoms with Gasteiger partial charge in [-0.25, -0.2) is 18.7 Å². The summed E-state index contributed by atoms with van der Waals surface area (Å²) in [5.74, 6) is 0.884. The maximum Gasteiger partial charge on any atom is 0.274 e. The standard InChI is InChI=1S/C15H14F2N4O2/c16-13(17)8-23-11-3-4-18-12(5-11)15(22)21-10-6-19-14(20-7-10)9-1-2-9/h3-7,9,13H,1-2,8H2,(H,21,22). The Kier molecular flexibility index (Phi) is 4.40. The first-order valence-corrected chi connectivity index (χ1v) is 7.12. The van der Waals surface area contributed by atoms with Gasteiger partial charge in [0, 0.05) is 18.2 Å². The van der Waals surface area contributed by atoms with Crippen molar-refractivity contribution in [1.82, 2.24) is 15.0 Å². The van der Waals surface area contributed by atoms with Gasteiger partial charge in [-0.05, 0) is 18.9 Å². The summed E-state index contributed by atoms with van der Waals surface area (Å²) in [6.45, 7) is -0.735. The maximum atomic E-state index is 12.1. The molecule has 120 valence electrons. The Morgan fingerprint density at radius 2 is 2.04 bits per heavy atom. The van der Waals surface area contributed by atoms with Crippen molar-refractivity contribution in [2.45, 2.75) is 25.2 Å². The molecule has 0 spiro atoms. The second-order valence-electron chi connectivity index (χ2n) is 5.14. The van der Waals surface area contributed by atoms with Crippen LogP contribution in [0.3, 0.4) is 0 Å². The van der Waals surface area contributed by atoms with E-state index in [-0.39, 0.29) is 11.4 Å². The fraction of sp³-hybridized carbons (Fsp3) is 0.333. The summed E-state index contributed by atoms with van der Waals surface area (Å²) in [6.07, 6.45) is 4.01. The first-order valence-electron chi connectivity index (χ1n) is 7.12. The third-order valence-electron chi connectivity index (χ3n) is 3.21. The number of anilines is 1. The van der Waals surface area contributed by atoms with E-state index in [1.165, 1.54) is 30.7 Å². The van der Waals surface area contributed by atoms with Gasteiger partial charge >= 0.3 is 0 Å². The molecule has 2 aromatic rings. The predicted molar refractivity (Wildman–Crippen MR) is 77.7 cm³/mol. The quantitative estimate of drug-likeness (QED) is 0.885. The smallest absolute Gasteiger partial charge is 0.274 e. The van der Waals surface area contributed by atoms with Gasteiger partial charge in [-0.1, -0.05) is 0 Å². The van der Waals surface area contributed by atoms with Crippen LogP contribution in [0.2, 0.25) is 0 Å². The van der Waals surface area contributed by atoms with Gasteiger partial charge in [-0.3, -0.25) is 9.78 Å². The molecule has 0 aliphatic heterocycles. The van der Waals surface area contributed by atoms with E-state index in [1.807, 2.05) is 0 Å². The van der Waals surface area contributed by atoms with Crippen LogP contribution in [0.5, 0.6) is 5.75 Å². The van der Waals surface area contributed by atoms with E-state index in [4.69, 9.17) is 4.74 Å². The van der Waals surface area contributed by atoms with Gasteiger partial charge in [0.1, 0.15) is 23.9 Å². The van der Waals surface area contributed by atoms with Crippen LogP contribution in [0.25, 0.3) is 0 Å². The number of aromatic nitrogens is 3. The van der Waals surface area contributed by atoms with Crippen molar-refractivity contribution in [3.05, 3.63) is 42.2 Å². The number of nitrogens with zero attached hydrogens (tertiary/aromatic N) is 3. The number of nitrogens with one attached hydrogen (secondary N) is 1. The van der Waals surface area contributed by atoms with Gasteiger partial charge in [0.2, 0.25) is 0 Å². The predicted octanol–water partition coefficient (Wildman–Crippen LogP) is 2.65. The fourth-order valence-electron chi connectivity index (χ4n) is 1.93. The molecule has 2 aromatic heterocycles. The fourth-order valence-corrected chi connectivity index (χ4v) is 1.93. The van der Waals surface area contributed by atoms with E-state index in [9.17, 15) is 13.6 Å². The summed E-state index contributed by atoms with van der Waals surface area (Å²) in [7, 11) is 0.